The lowest BCUT2D eigenvalue weighted by molar-refractivity contribution is -0.385. The van der Waals surface area contributed by atoms with E-state index in [4.69, 9.17) is 0 Å². The maximum absolute atomic E-state index is 10.7. The summed E-state index contributed by atoms with van der Waals surface area (Å²) in [6.45, 7) is 0. The number of aliphatic imine (C=N–C) groups is 1. The number of nitro benzene ring substituents is 1. The molecule has 0 aromatic heterocycles. The van der Waals surface area contributed by atoms with Gasteiger partial charge in [-0.05, 0) is 30.3 Å². The quantitative estimate of drug-likeness (QED) is 0.532. The van der Waals surface area contributed by atoms with Gasteiger partial charge in [-0.15, -0.1) is 0 Å². The minimum absolute atomic E-state index is 0.306. The second kappa shape index (κ2) is 6.04. The Hall–Kier alpha value is -2.89. The highest BCUT2D eigenvalue weighted by molar-refractivity contribution is 5.87. The summed E-state index contributed by atoms with van der Waals surface area (Å²) in [5.41, 5.74) is 1.72. The van der Waals surface area contributed by atoms with E-state index in [-0.39, 0.29) is 11.4 Å². The summed E-state index contributed by atoms with van der Waals surface area (Å²) in [7, 11) is 3.89. The molecule has 2 aromatic rings. The van der Waals surface area contributed by atoms with Gasteiger partial charge in [-0.3, -0.25) is 15.1 Å². The van der Waals surface area contributed by atoms with E-state index in [2.05, 4.69) is 4.99 Å². The van der Waals surface area contributed by atoms with Crippen LogP contribution in [-0.2, 0) is 0 Å². The summed E-state index contributed by atoms with van der Waals surface area (Å²) in [6.07, 6.45) is 1.41. The number of anilines is 1. The van der Waals surface area contributed by atoms with Crippen LogP contribution in [0.2, 0.25) is 0 Å². The Labute approximate surface area is 122 Å². The first kappa shape index (κ1) is 14.5. The van der Waals surface area contributed by atoms with Gasteiger partial charge < -0.3 is 10.0 Å². The molecule has 0 unspecified atom stereocenters. The van der Waals surface area contributed by atoms with Gasteiger partial charge in [0.25, 0.3) is 0 Å². The van der Waals surface area contributed by atoms with Gasteiger partial charge in [0.1, 0.15) is 0 Å². The number of nitro groups is 1. The summed E-state index contributed by atoms with van der Waals surface area (Å²) >= 11 is 0. The highest BCUT2D eigenvalue weighted by Crippen LogP contribution is 2.28. The zero-order chi connectivity index (χ0) is 15.4. The molecule has 0 bridgehead atoms. The van der Waals surface area contributed by atoms with E-state index in [0.29, 0.717) is 11.3 Å². The molecule has 1 N–H and O–H groups in total. The third-order valence-corrected chi connectivity index (χ3v) is 2.96. The van der Waals surface area contributed by atoms with Crippen LogP contribution < -0.4 is 4.90 Å². The first-order valence-corrected chi connectivity index (χ1v) is 6.27. The minimum Gasteiger partial charge on any atom is -0.502 e. The molecule has 0 aliphatic carbocycles. The highest BCUT2D eigenvalue weighted by Gasteiger charge is 2.14. The summed E-state index contributed by atoms with van der Waals surface area (Å²) in [5, 5.41) is 20.6. The van der Waals surface area contributed by atoms with E-state index >= 15 is 0 Å². The zero-order valence-corrected chi connectivity index (χ0v) is 11.7. The highest BCUT2D eigenvalue weighted by atomic mass is 16.6. The van der Waals surface area contributed by atoms with Crippen LogP contribution in [0.15, 0.2) is 47.5 Å². The van der Waals surface area contributed by atoms with E-state index in [9.17, 15) is 15.2 Å². The predicted octanol–water partition coefficient (Wildman–Crippen LogP) is 3.12. The second-order valence-corrected chi connectivity index (χ2v) is 4.64. The van der Waals surface area contributed by atoms with Crippen molar-refractivity contribution in [2.45, 2.75) is 0 Å². The molecular weight excluding hydrogens is 270 g/mol. The number of benzene rings is 2. The Balaban J connectivity index is 2.25. The number of rotatable bonds is 4. The van der Waals surface area contributed by atoms with E-state index in [1.807, 2.05) is 43.3 Å². The van der Waals surface area contributed by atoms with Gasteiger partial charge in [-0.2, -0.15) is 0 Å². The van der Waals surface area contributed by atoms with Crippen LogP contribution in [0.4, 0.5) is 17.1 Å². The minimum atomic E-state index is -0.626. The lowest BCUT2D eigenvalue weighted by atomic mass is 10.2. The van der Waals surface area contributed by atoms with Crippen LogP contribution in [0.1, 0.15) is 5.56 Å². The maximum atomic E-state index is 10.7. The van der Waals surface area contributed by atoms with Crippen molar-refractivity contribution in [2.24, 2.45) is 4.99 Å². The molecule has 0 aliphatic rings. The second-order valence-electron chi connectivity index (χ2n) is 4.64. The van der Waals surface area contributed by atoms with Crippen molar-refractivity contribution in [2.75, 3.05) is 19.0 Å². The van der Waals surface area contributed by atoms with Crippen LogP contribution in [0, 0.1) is 10.1 Å². The van der Waals surface area contributed by atoms with Gasteiger partial charge in [0.2, 0.25) is 5.75 Å². The topological polar surface area (TPSA) is 79.0 Å². The average molecular weight is 285 g/mol. The normalized spacial score (nSPS) is 10.8. The molecule has 0 fully saturated rings. The lowest BCUT2D eigenvalue weighted by Gasteiger charge is -2.11. The van der Waals surface area contributed by atoms with Crippen molar-refractivity contribution >= 4 is 23.3 Å². The largest absolute Gasteiger partial charge is 0.502 e. The molecule has 2 rings (SSSR count). The molecule has 0 saturated heterocycles. The first-order chi connectivity index (χ1) is 9.99. The monoisotopic (exact) mass is 285 g/mol. The van der Waals surface area contributed by atoms with Crippen LogP contribution in [-0.4, -0.2) is 30.3 Å². The van der Waals surface area contributed by atoms with Gasteiger partial charge in [-0.25, -0.2) is 0 Å². The van der Waals surface area contributed by atoms with Crippen molar-refractivity contribution in [1.82, 2.24) is 0 Å². The SMILES string of the molecule is CN(C)c1ccc(N=Cc2cccc([N+](=O)[O-])c2O)cc1. The van der Waals surface area contributed by atoms with Gasteiger partial charge in [0, 0.05) is 37.6 Å². The van der Waals surface area contributed by atoms with Crippen molar-refractivity contribution in [3.8, 4) is 5.75 Å². The molecule has 0 saturated carbocycles. The predicted molar refractivity (Wildman–Crippen MR) is 82.8 cm³/mol. The molecule has 0 spiro atoms. The fourth-order valence-corrected chi connectivity index (χ4v) is 1.78. The fraction of sp³-hybridized carbons (Fsp3) is 0.133. The fourth-order valence-electron chi connectivity index (χ4n) is 1.78. The summed E-state index contributed by atoms with van der Waals surface area (Å²) in [6, 6.07) is 11.8. The van der Waals surface area contributed by atoms with Gasteiger partial charge >= 0.3 is 5.69 Å². The zero-order valence-electron chi connectivity index (χ0n) is 11.7. The molecule has 21 heavy (non-hydrogen) atoms. The Kier molecular flexibility index (Phi) is 4.18. The molecule has 0 amide bonds. The Morgan fingerprint density at radius 2 is 1.86 bits per heavy atom. The van der Waals surface area contributed by atoms with E-state index in [1.165, 1.54) is 18.3 Å². The summed E-state index contributed by atoms with van der Waals surface area (Å²) < 4.78 is 0. The van der Waals surface area contributed by atoms with E-state index in [0.717, 1.165) is 5.69 Å². The standard InChI is InChI=1S/C15H15N3O3/c1-17(2)13-8-6-12(7-9-13)16-10-11-4-3-5-14(15(11)19)18(20)21/h3-10,19H,1-2H3. The van der Waals surface area contributed by atoms with Crippen molar-refractivity contribution in [3.05, 3.63) is 58.1 Å². The molecule has 0 heterocycles. The van der Waals surface area contributed by atoms with Gasteiger partial charge in [0.05, 0.1) is 10.6 Å². The van der Waals surface area contributed by atoms with Crippen LogP contribution in [0.5, 0.6) is 5.75 Å². The molecule has 2 aromatic carbocycles. The molecule has 0 radical (unpaired) electrons. The molecule has 108 valence electrons. The number of para-hydroxylation sites is 1. The van der Waals surface area contributed by atoms with Gasteiger partial charge in [-0.1, -0.05) is 6.07 Å². The molecule has 6 heteroatoms. The third-order valence-electron chi connectivity index (χ3n) is 2.96. The molecule has 0 atom stereocenters. The number of hydrogen-bond donors (Lipinski definition) is 1. The van der Waals surface area contributed by atoms with E-state index < -0.39 is 4.92 Å². The maximum Gasteiger partial charge on any atom is 0.311 e. The Morgan fingerprint density at radius 1 is 1.19 bits per heavy atom. The van der Waals surface area contributed by atoms with Crippen LogP contribution >= 0.6 is 0 Å². The molecular formula is C15H15N3O3. The summed E-state index contributed by atoms with van der Waals surface area (Å²) in [4.78, 5) is 16.3. The third kappa shape index (κ3) is 3.36. The first-order valence-electron chi connectivity index (χ1n) is 6.27. The number of aromatic hydroxyl groups is 1. The summed E-state index contributed by atoms with van der Waals surface area (Å²) in [5.74, 6) is -0.379. The lowest BCUT2D eigenvalue weighted by Crippen LogP contribution is -2.07. The van der Waals surface area contributed by atoms with Crippen LogP contribution in [0.3, 0.4) is 0 Å². The smallest absolute Gasteiger partial charge is 0.311 e. The number of hydrogen-bond acceptors (Lipinski definition) is 5. The molecule has 0 aliphatic heterocycles. The number of phenols is 1. The van der Waals surface area contributed by atoms with E-state index in [1.54, 1.807) is 6.07 Å². The van der Waals surface area contributed by atoms with Crippen molar-refractivity contribution in [3.63, 3.8) is 0 Å². The average Bonchev–Trinajstić information content (AvgIpc) is 2.46. The molecule has 6 nitrogen and oxygen atoms in total. The van der Waals surface area contributed by atoms with Gasteiger partial charge in [0.15, 0.2) is 0 Å². The number of nitrogens with zero attached hydrogens (tertiary/aromatic N) is 3. The Morgan fingerprint density at radius 3 is 2.43 bits per heavy atom. The van der Waals surface area contributed by atoms with Crippen molar-refractivity contribution < 1.29 is 10.0 Å². The van der Waals surface area contributed by atoms with Crippen molar-refractivity contribution in [1.29, 1.82) is 0 Å². The number of phenolic OH excluding ortho intramolecular Hbond substituents is 1. The van der Waals surface area contributed by atoms with Crippen LogP contribution in [0.25, 0.3) is 0 Å². The Bertz CT molecular complexity index is 679.